The molecule has 0 saturated heterocycles. The van der Waals surface area contributed by atoms with Crippen LogP contribution in [0.25, 0.3) is 11.3 Å². The Balaban J connectivity index is 1.62. The van der Waals surface area contributed by atoms with E-state index in [1.807, 2.05) is 53.2 Å². The first-order valence-corrected chi connectivity index (χ1v) is 7.89. The average molecular weight is 309 g/mol. The number of nitrogens with zero attached hydrogens (tertiary/aromatic N) is 2. The Morgan fingerprint density at radius 3 is 2.77 bits per heavy atom. The van der Waals surface area contributed by atoms with E-state index in [2.05, 4.69) is 15.3 Å². The highest BCUT2D eigenvalue weighted by Crippen LogP contribution is 2.16. The molecule has 2 heterocycles. The molecule has 0 unspecified atom stereocenters. The van der Waals surface area contributed by atoms with Gasteiger partial charge in [0, 0.05) is 5.56 Å². The highest BCUT2D eigenvalue weighted by molar-refractivity contribution is 7.07. The fourth-order valence-corrected chi connectivity index (χ4v) is 2.76. The summed E-state index contributed by atoms with van der Waals surface area (Å²) in [5.41, 5.74) is 3.73. The molecule has 2 aromatic heterocycles. The maximum Gasteiger partial charge on any atom is 0.224 e. The Bertz CT molecular complexity index is 742. The molecule has 3 aromatic rings. The van der Waals surface area contributed by atoms with Crippen LogP contribution in [0.4, 0.5) is 0 Å². The van der Waals surface area contributed by atoms with Gasteiger partial charge in [-0.05, 0) is 28.5 Å². The Labute approximate surface area is 132 Å². The van der Waals surface area contributed by atoms with Crippen LogP contribution in [-0.2, 0) is 17.8 Å². The largest absolute Gasteiger partial charge is 0.350 e. The van der Waals surface area contributed by atoms with Crippen LogP contribution in [-0.4, -0.2) is 15.9 Å². The number of carbonyl (C=O) groups is 1. The smallest absolute Gasteiger partial charge is 0.224 e. The van der Waals surface area contributed by atoms with Crippen molar-refractivity contribution in [2.24, 2.45) is 0 Å². The second-order valence-electron chi connectivity index (χ2n) is 4.85. The van der Waals surface area contributed by atoms with Gasteiger partial charge in [-0.25, -0.2) is 9.97 Å². The quantitative estimate of drug-likeness (QED) is 0.788. The van der Waals surface area contributed by atoms with E-state index in [-0.39, 0.29) is 5.91 Å². The van der Waals surface area contributed by atoms with Crippen LogP contribution in [0.1, 0.15) is 11.3 Å². The summed E-state index contributed by atoms with van der Waals surface area (Å²) in [5, 5.41) is 6.85. The van der Waals surface area contributed by atoms with E-state index < -0.39 is 0 Å². The first-order chi connectivity index (χ1) is 10.8. The zero-order chi connectivity index (χ0) is 15.2. The summed E-state index contributed by atoms with van der Waals surface area (Å²) >= 11 is 1.60. The fraction of sp³-hybridized carbons (Fsp3) is 0.118. The van der Waals surface area contributed by atoms with Gasteiger partial charge >= 0.3 is 0 Å². The summed E-state index contributed by atoms with van der Waals surface area (Å²) in [4.78, 5) is 20.4. The van der Waals surface area contributed by atoms with Gasteiger partial charge in [0.2, 0.25) is 5.91 Å². The van der Waals surface area contributed by atoms with Gasteiger partial charge in [-0.3, -0.25) is 4.79 Å². The van der Waals surface area contributed by atoms with Crippen LogP contribution < -0.4 is 5.32 Å². The van der Waals surface area contributed by atoms with E-state index in [0.29, 0.717) is 13.0 Å². The number of nitrogens with one attached hydrogen (secondary N) is 1. The van der Waals surface area contributed by atoms with E-state index in [1.54, 1.807) is 11.3 Å². The third-order valence-electron chi connectivity index (χ3n) is 3.20. The zero-order valence-corrected chi connectivity index (χ0v) is 12.7. The van der Waals surface area contributed by atoms with Crippen molar-refractivity contribution in [3.05, 3.63) is 70.8 Å². The Morgan fingerprint density at radius 1 is 1.14 bits per heavy atom. The van der Waals surface area contributed by atoms with Crippen molar-refractivity contribution in [3.8, 4) is 11.3 Å². The number of hydrogen-bond donors (Lipinski definition) is 1. The standard InChI is InChI=1S/C17H15N3OS/c21-17(8-13-6-7-22-11-13)18-10-15-9-16(20-12-19-15)14-4-2-1-3-5-14/h1-7,9,11-12H,8,10H2,(H,18,21). The molecule has 0 aliphatic carbocycles. The van der Waals surface area contributed by atoms with Crippen LogP contribution in [0, 0.1) is 0 Å². The molecule has 3 rings (SSSR count). The topological polar surface area (TPSA) is 54.9 Å². The van der Waals surface area contributed by atoms with Crippen LogP contribution in [0.15, 0.2) is 59.6 Å². The molecule has 0 aliphatic heterocycles. The molecule has 0 spiro atoms. The van der Waals surface area contributed by atoms with Crippen molar-refractivity contribution in [2.75, 3.05) is 0 Å². The fourth-order valence-electron chi connectivity index (χ4n) is 2.09. The van der Waals surface area contributed by atoms with E-state index in [4.69, 9.17) is 0 Å². The van der Waals surface area contributed by atoms with Crippen LogP contribution in [0.2, 0.25) is 0 Å². The summed E-state index contributed by atoms with van der Waals surface area (Å²) in [7, 11) is 0. The van der Waals surface area contributed by atoms with Crippen LogP contribution in [0.5, 0.6) is 0 Å². The number of aromatic nitrogens is 2. The number of benzene rings is 1. The van der Waals surface area contributed by atoms with Gasteiger partial charge < -0.3 is 5.32 Å². The van der Waals surface area contributed by atoms with Gasteiger partial charge in [0.25, 0.3) is 0 Å². The van der Waals surface area contributed by atoms with Crippen molar-refractivity contribution in [2.45, 2.75) is 13.0 Å². The predicted molar refractivity (Wildman–Crippen MR) is 87.3 cm³/mol. The van der Waals surface area contributed by atoms with Gasteiger partial charge in [-0.2, -0.15) is 11.3 Å². The normalized spacial score (nSPS) is 10.4. The number of rotatable bonds is 5. The number of hydrogen-bond acceptors (Lipinski definition) is 4. The van der Waals surface area contributed by atoms with Crippen LogP contribution in [0.3, 0.4) is 0 Å². The van der Waals surface area contributed by atoms with Crippen molar-refractivity contribution < 1.29 is 4.79 Å². The lowest BCUT2D eigenvalue weighted by molar-refractivity contribution is -0.120. The molecule has 0 saturated carbocycles. The first kappa shape index (κ1) is 14.4. The van der Waals surface area contributed by atoms with Crippen molar-refractivity contribution >= 4 is 17.2 Å². The number of carbonyl (C=O) groups excluding carboxylic acids is 1. The van der Waals surface area contributed by atoms with Gasteiger partial charge in [0.15, 0.2) is 0 Å². The molecule has 5 heteroatoms. The molecule has 1 aromatic carbocycles. The molecule has 0 fully saturated rings. The highest BCUT2D eigenvalue weighted by Gasteiger charge is 2.06. The monoisotopic (exact) mass is 309 g/mol. The molecule has 0 bridgehead atoms. The van der Waals surface area contributed by atoms with Crippen molar-refractivity contribution in [3.63, 3.8) is 0 Å². The molecule has 0 aliphatic rings. The van der Waals surface area contributed by atoms with Gasteiger partial charge in [0.1, 0.15) is 6.33 Å². The second-order valence-corrected chi connectivity index (χ2v) is 5.63. The minimum absolute atomic E-state index is 0.00160. The Kier molecular flexibility index (Phi) is 4.56. The molecule has 110 valence electrons. The summed E-state index contributed by atoms with van der Waals surface area (Å²) in [6.45, 7) is 0.408. The molecule has 0 radical (unpaired) electrons. The Morgan fingerprint density at radius 2 is 2.00 bits per heavy atom. The molecule has 1 N–H and O–H groups in total. The third kappa shape index (κ3) is 3.77. The van der Waals surface area contributed by atoms with E-state index >= 15 is 0 Å². The number of amides is 1. The lowest BCUT2D eigenvalue weighted by Crippen LogP contribution is -2.24. The second kappa shape index (κ2) is 6.95. The van der Waals surface area contributed by atoms with E-state index in [0.717, 1.165) is 22.5 Å². The predicted octanol–water partition coefficient (Wildman–Crippen LogP) is 3.06. The minimum Gasteiger partial charge on any atom is -0.350 e. The minimum atomic E-state index is -0.00160. The molecule has 4 nitrogen and oxygen atoms in total. The molecular formula is C17H15N3OS. The van der Waals surface area contributed by atoms with Gasteiger partial charge in [0.05, 0.1) is 24.4 Å². The van der Waals surface area contributed by atoms with Crippen molar-refractivity contribution in [1.82, 2.24) is 15.3 Å². The lowest BCUT2D eigenvalue weighted by atomic mass is 10.1. The average Bonchev–Trinajstić information content (AvgIpc) is 3.07. The summed E-state index contributed by atoms with van der Waals surface area (Å²) < 4.78 is 0. The summed E-state index contributed by atoms with van der Waals surface area (Å²) in [5.74, 6) is -0.00160. The maximum absolute atomic E-state index is 11.9. The number of thiophene rings is 1. The van der Waals surface area contributed by atoms with E-state index in [1.165, 1.54) is 6.33 Å². The van der Waals surface area contributed by atoms with Crippen molar-refractivity contribution in [1.29, 1.82) is 0 Å². The molecular weight excluding hydrogens is 294 g/mol. The van der Waals surface area contributed by atoms with E-state index in [9.17, 15) is 4.79 Å². The van der Waals surface area contributed by atoms with Gasteiger partial charge in [-0.1, -0.05) is 30.3 Å². The maximum atomic E-state index is 11.9. The summed E-state index contributed by atoms with van der Waals surface area (Å²) in [6.07, 6.45) is 1.93. The van der Waals surface area contributed by atoms with Gasteiger partial charge in [-0.15, -0.1) is 0 Å². The molecule has 22 heavy (non-hydrogen) atoms. The highest BCUT2D eigenvalue weighted by atomic mass is 32.1. The van der Waals surface area contributed by atoms with Crippen LogP contribution >= 0.6 is 11.3 Å². The molecule has 1 amide bonds. The third-order valence-corrected chi connectivity index (χ3v) is 3.94. The zero-order valence-electron chi connectivity index (χ0n) is 11.9. The lowest BCUT2D eigenvalue weighted by Gasteiger charge is -2.06. The first-order valence-electron chi connectivity index (χ1n) is 6.95. The molecule has 0 atom stereocenters. The Hall–Kier alpha value is -2.53. The summed E-state index contributed by atoms with van der Waals surface area (Å²) in [6, 6.07) is 13.8. The SMILES string of the molecule is O=C(Cc1ccsc1)NCc1cc(-c2ccccc2)ncn1.